The molecule has 0 radical (unpaired) electrons. The second kappa shape index (κ2) is 5.18. The molecule has 1 aromatic heterocycles. The molecule has 0 unspecified atom stereocenters. The van der Waals surface area contributed by atoms with Crippen LogP contribution in [0.25, 0.3) is 0 Å². The summed E-state index contributed by atoms with van der Waals surface area (Å²) in [5.41, 5.74) is 0. The molecule has 2 fully saturated rings. The standard InChI is InChI=1S/C11H13ClN4O3/c12-8-7-9(16-3-6-19-11(16)17)14-10(13-8)15-1-4-18-5-2-15/h7H,1-6H2. The second-order valence-electron chi connectivity index (χ2n) is 4.21. The molecule has 102 valence electrons. The first-order valence-electron chi connectivity index (χ1n) is 6.05. The van der Waals surface area contributed by atoms with Crippen molar-refractivity contribution in [1.82, 2.24) is 9.97 Å². The van der Waals surface area contributed by atoms with Crippen molar-refractivity contribution in [3.63, 3.8) is 0 Å². The molecule has 0 aromatic carbocycles. The van der Waals surface area contributed by atoms with Crippen molar-refractivity contribution in [2.45, 2.75) is 0 Å². The summed E-state index contributed by atoms with van der Waals surface area (Å²) in [6.07, 6.45) is -0.400. The van der Waals surface area contributed by atoms with E-state index in [1.165, 1.54) is 4.90 Å². The number of hydrogen-bond acceptors (Lipinski definition) is 6. The van der Waals surface area contributed by atoms with Crippen LogP contribution in [-0.2, 0) is 9.47 Å². The van der Waals surface area contributed by atoms with E-state index in [1.54, 1.807) is 6.07 Å². The van der Waals surface area contributed by atoms with Crippen molar-refractivity contribution in [3.8, 4) is 0 Å². The SMILES string of the molecule is O=C1OCCN1c1cc(Cl)nc(N2CCOCC2)n1. The van der Waals surface area contributed by atoms with Gasteiger partial charge in [0.15, 0.2) is 0 Å². The maximum atomic E-state index is 11.5. The molecule has 0 spiro atoms. The molecule has 2 aliphatic heterocycles. The van der Waals surface area contributed by atoms with E-state index in [2.05, 4.69) is 9.97 Å². The summed E-state index contributed by atoms with van der Waals surface area (Å²) in [5.74, 6) is 0.995. The van der Waals surface area contributed by atoms with E-state index in [0.717, 1.165) is 0 Å². The van der Waals surface area contributed by atoms with Gasteiger partial charge in [-0.1, -0.05) is 11.6 Å². The average Bonchev–Trinajstić information content (AvgIpc) is 2.85. The number of carbonyl (C=O) groups is 1. The Labute approximate surface area is 115 Å². The Bertz CT molecular complexity index is 493. The third-order valence-corrected chi connectivity index (χ3v) is 3.19. The van der Waals surface area contributed by atoms with Gasteiger partial charge in [-0.2, -0.15) is 4.98 Å². The Morgan fingerprint density at radius 1 is 1.16 bits per heavy atom. The Kier molecular flexibility index (Phi) is 3.39. The molecule has 1 amide bonds. The largest absolute Gasteiger partial charge is 0.447 e. The van der Waals surface area contributed by atoms with E-state index < -0.39 is 6.09 Å². The van der Waals surface area contributed by atoms with Crippen LogP contribution in [0.4, 0.5) is 16.6 Å². The zero-order valence-corrected chi connectivity index (χ0v) is 11.0. The molecule has 1 aromatic rings. The number of amides is 1. The van der Waals surface area contributed by atoms with Gasteiger partial charge >= 0.3 is 6.09 Å². The molecule has 7 nitrogen and oxygen atoms in total. The lowest BCUT2D eigenvalue weighted by Gasteiger charge is -2.27. The fourth-order valence-electron chi connectivity index (χ4n) is 2.04. The zero-order chi connectivity index (χ0) is 13.2. The Balaban J connectivity index is 1.88. The summed E-state index contributed by atoms with van der Waals surface area (Å²) < 4.78 is 10.2. The van der Waals surface area contributed by atoms with Crippen LogP contribution in [0, 0.1) is 0 Å². The summed E-state index contributed by atoms with van der Waals surface area (Å²) in [6, 6.07) is 1.57. The van der Waals surface area contributed by atoms with Gasteiger partial charge < -0.3 is 14.4 Å². The van der Waals surface area contributed by atoms with Gasteiger partial charge in [-0.3, -0.25) is 4.90 Å². The summed E-state index contributed by atoms with van der Waals surface area (Å²) in [5, 5.41) is 0.311. The number of nitrogens with zero attached hydrogens (tertiary/aromatic N) is 4. The van der Waals surface area contributed by atoms with E-state index in [-0.39, 0.29) is 0 Å². The average molecular weight is 285 g/mol. The predicted molar refractivity (Wildman–Crippen MR) is 68.8 cm³/mol. The molecule has 0 bridgehead atoms. The van der Waals surface area contributed by atoms with Crippen LogP contribution in [0.3, 0.4) is 0 Å². The molecule has 19 heavy (non-hydrogen) atoms. The molecule has 0 N–H and O–H groups in total. The van der Waals surface area contributed by atoms with Crippen LogP contribution in [0.15, 0.2) is 6.07 Å². The number of rotatable bonds is 2. The smallest absolute Gasteiger partial charge is 0.415 e. The first kappa shape index (κ1) is 12.4. The van der Waals surface area contributed by atoms with Crippen molar-refractivity contribution in [2.75, 3.05) is 49.3 Å². The van der Waals surface area contributed by atoms with Crippen LogP contribution in [-0.4, -0.2) is 55.5 Å². The van der Waals surface area contributed by atoms with Crippen molar-refractivity contribution in [2.24, 2.45) is 0 Å². The maximum Gasteiger partial charge on any atom is 0.415 e. The third kappa shape index (κ3) is 2.57. The van der Waals surface area contributed by atoms with Crippen LogP contribution >= 0.6 is 11.6 Å². The molecule has 0 aliphatic carbocycles. The summed E-state index contributed by atoms with van der Waals surface area (Å²) in [4.78, 5) is 23.6. The molecular weight excluding hydrogens is 272 g/mol. The van der Waals surface area contributed by atoms with Gasteiger partial charge in [0.1, 0.15) is 17.6 Å². The predicted octanol–water partition coefficient (Wildman–Crippen LogP) is 0.923. The number of ether oxygens (including phenoxy) is 2. The fraction of sp³-hybridized carbons (Fsp3) is 0.545. The van der Waals surface area contributed by atoms with Crippen LogP contribution in [0.2, 0.25) is 5.15 Å². The van der Waals surface area contributed by atoms with E-state index in [9.17, 15) is 4.79 Å². The molecule has 8 heteroatoms. The highest BCUT2D eigenvalue weighted by Crippen LogP contribution is 2.23. The number of cyclic esters (lactones) is 1. The number of morpholine rings is 1. The van der Waals surface area contributed by atoms with Crippen molar-refractivity contribution < 1.29 is 14.3 Å². The summed E-state index contributed by atoms with van der Waals surface area (Å²) in [6.45, 7) is 3.55. The van der Waals surface area contributed by atoms with E-state index in [4.69, 9.17) is 21.1 Å². The fourth-order valence-corrected chi connectivity index (χ4v) is 2.21. The first-order chi connectivity index (χ1) is 9.24. The van der Waals surface area contributed by atoms with Crippen LogP contribution in [0.5, 0.6) is 0 Å². The van der Waals surface area contributed by atoms with Gasteiger partial charge in [-0.05, 0) is 0 Å². The van der Waals surface area contributed by atoms with Gasteiger partial charge in [0.25, 0.3) is 0 Å². The molecule has 2 saturated heterocycles. The highest BCUT2D eigenvalue weighted by Gasteiger charge is 2.26. The van der Waals surface area contributed by atoms with E-state index >= 15 is 0 Å². The van der Waals surface area contributed by atoms with Crippen LogP contribution in [0.1, 0.15) is 0 Å². The molecule has 3 heterocycles. The Morgan fingerprint density at radius 3 is 2.63 bits per heavy atom. The molecule has 0 atom stereocenters. The van der Waals surface area contributed by atoms with Crippen molar-refractivity contribution in [3.05, 3.63) is 11.2 Å². The number of aromatic nitrogens is 2. The van der Waals surface area contributed by atoms with Crippen molar-refractivity contribution in [1.29, 1.82) is 0 Å². The highest BCUT2D eigenvalue weighted by atomic mass is 35.5. The highest BCUT2D eigenvalue weighted by molar-refractivity contribution is 6.29. The lowest BCUT2D eigenvalue weighted by molar-refractivity contribution is 0.122. The normalized spacial score (nSPS) is 19.7. The van der Waals surface area contributed by atoms with E-state index in [0.29, 0.717) is 56.4 Å². The number of halogens is 1. The van der Waals surface area contributed by atoms with Crippen LogP contribution < -0.4 is 9.80 Å². The van der Waals surface area contributed by atoms with E-state index in [1.807, 2.05) is 4.90 Å². The first-order valence-corrected chi connectivity index (χ1v) is 6.43. The molecule has 3 rings (SSSR count). The quantitative estimate of drug-likeness (QED) is 0.753. The number of carbonyl (C=O) groups excluding carboxylic acids is 1. The summed E-state index contributed by atoms with van der Waals surface area (Å²) in [7, 11) is 0. The molecule has 0 saturated carbocycles. The molecular formula is C11H13ClN4O3. The Hall–Kier alpha value is -1.60. The minimum Gasteiger partial charge on any atom is -0.447 e. The topological polar surface area (TPSA) is 67.8 Å². The maximum absolute atomic E-state index is 11.5. The monoisotopic (exact) mass is 284 g/mol. The number of anilines is 2. The van der Waals surface area contributed by atoms with Gasteiger partial charge in [0.2, 0.25) is 5.95 Å². The number of hydrogen-bond donors (Lipinski definition) is 0. The summed E-state index contributed by atoms with van der Waals surface area (Å²) >= 11 is 6.01. The lowest BCUT2D eigenvalue weighted by atomic mass is 10.4. The van der Waals surface area contributed by atoms with Crippen molar-refractivity contribution >= 4 is 29.5 Å². The van der Waals surface area contributed by atoms with Gasteiger partial charge in [-0.15, -0.1) is 0 Å². The minimum atomic E-state index is -0.400. The minimum absolute atomic E-state index is 0.311. The van der Waals surface area contributed by atoms with Gasteiger partial charge in [0, 0.05) is 19.2 Å². The third-order valence-electron chi connectivity index (χ3n) is 3.00. The molecule has 2 aliphatic rings. The second-order valence-corrected chi connectivity index (χ2v) is 4.60. The lowest BCUT2D eigenvalue weighted by Crippen LogP contribution is -2.37. The van der Waals surface area contributed by atoms with Gasteiger partial charge in [-0.25, -0.2) is 9.78 Å². The zero-order valence-electron chi connectivity index (χ0n) is 10.2. The Morgan fingerprint density at radius 2 is 1.95 bits per heavy atom. The van der Waals surface area contributed by atoms with Gasteiger partial charge in [0.05, 0.1) is 19.8 Å².